The number of Topliss-reactive ketones (excluding diaryl/α,β-unsaturated/α-hetero) is 1. The van der Waals surface area contributed by atoms with Gasteiger partial charge in [0.25, 0.3) is 0 Å². The number of rotatable bonds is 4. The first-order valence-electron chi connectivity index (χ1n) is 7.07. The Kier molecular flexibility index (Phi) is 4.02. The van der Waals surface area contributed by atoms with Gasteiger partial charge in [0.05, 0.1) is 5.60 Å². The van der Waals surface area contributed by atoms with E-state index in [2.05, 4.69) is 0 Å². The van der Waals surface area contributed by atoms with Crippen LogP contribution >= 0.6 is 0 Å². The van der Waals surface area contributed by atoms with Crippen LogP contribution in [0, 0.1) is 11.8 Å². The molecule has 1 aliphatic heterocycles. The Labute approximate surface area is 118 Å². The number of carbonyl (C=O) groups excluding carboxylic acids is 2. The summed E-state index contributed by atoms with van der Waals surface area (Å²) in [5.74, 6) is -0.250. The van der Waals surface area contributed by atoms with E-state index >= 15 is 0 Å². The molecule has 20 heavy (non-hydrogen) atoms. The van der Waals surface area contributed by atoms with Crippen LogP contribution < -0.4 is 0 Å². The lowest BCUT2D eigenvalue weighted by molar-refractivity contribution is -0.155. The molecule has 1 heterocycles. The van der Waals surface area contributed by atoms with Gasteiger partial charge in [-0.3, -0.25) is 9.59 Å². The summed E-state index contributed by atoms with van der Waals surface area (Å²) in [5, 5.41) is 20.3. The van der Waals surface area contributed by atoms with Crippen molar-refractivity contribution < 1.29 is 24.5 Å². The van der Waals surface area contributed by atoms with Gasteiger partial charge >= 0.3 is 0 Å². The zero-order chi connectivity index (χ0) is 15.1. The minimum atomic E-state index is -1.24. The van der Waals surface area contributed by atoms with Crippen molar-refractivity contribution in [1.29, 1.82) is 0 Å². The summed E-state index contributed by atoms with van der Waals surface area (Å²) < 4.78 is 5.57. The number of hydrogen-bond acceptors (Lipinski definition) is 5. The van der Waals surface area contributed by atoms with Gasteiger partial charge in [0.1, 0.15) is 18.5 Å². The van der Waals surface area contributed by atoms with E-state index in [1.165, 1.54) is 0 Å². The van der Waals surface area contributed by atoms with Crippen LogP contribution in [0.1, 0.15) is 40.0 Å². The largest absolute Gasteiger partial charge is 0.483 e. The molecule has 0 bridgehead atoms. The number of aldehydes is 1. The van der Waals surface area contributed by atoms with Gasteiger partial charge in [0.15, 0.2) is 11.5 Å². The highest BCUT2D eigenvalue weighted by Crippen LogP contribution is 2.43. The molecule has 2 aliphatic rings. The Balaban J connectivity index is 2.26. The van der Waals surface area contributed by atoms with Crippen molar-refractivity contribution in [3.8, 4) is 0 Å². The maximum Gasteiger partial charge on any atom is 0.198 e. The highest BCUT2D eigenvalue weighted by molar-refractivity contribution is 5.99. The average Bonchev–Trinajstić information content (AvgIpc) is 2.72. The summed E-state index contributed by atoms with van der Waals surface area (Å²) in [6.45, 7) is 5.38. The van der Waals surface area contributed by atoms with Crippen molar-refractivity contribution in [2.45, 2.75) is 57.8 Å². The van der Waals surface area contributed by atoms with Gasteiger partial charge < -0.3 is 14.9 Å². The fourth-order valence-corrected chi connectivity index (χ4v) is 3.02. The van der Waals surface area contributed by atoms with Gasteiger partial charge in [0.2, 0.25) is 0 Å². The Morgan fingerprint density at radius 1 is 1.55 bits per heavy atom. The predicted octanol–water partition coefficient (Wildman–Crippen LogP) is 0.975. The van der Waals surface area contributed by atoms with Crippen LogP contribution in [0.2, 0.25) is 0 Å². The summed E-state index contributed by atoms with van der Waals surface area (Å²) in [4.78, 5) is 23.4. The van der Waals surface area contributed by atoms with E-state index in [9.17, 15) is 19.8 Å². The highest BCUT2D eigenvalue weighted by Gasteiger charge is 2.52. The minimum absolute atomic E-state index is 0.0838. The number of aliphatic hydroxyl groups excluding tert-OH is 1. The topological polar surface area (TPSA) is 83.8 Å². The Morgan fingerprint density at radius 3 is 2.75 bits per heavy atom. The Bertz CT molecular complexity index is 449. The smallest absolute Gasteiger partial charge is 0.198 e. The minimum Gasteiger partial charge on any atom is -0.483 e. The second-order valence-corrected chi connectivity index (χ2v) is 6.45. The van der Waals surface area contributed by atoms with Crippen molar-refractivity contribution in [2.75, 3.05) is 0 Å². The summed E-state index contributed by atoms with van der Waals surface area (Å²) in [6, 6.07) is 0. The van der Waals surface area contributed by atoms with E-state index in [0.717, 1.165) is 0 Å². The lowest BCUT2D eigenvalue weighted by Crippen LogP contribution is -2.53. The van der Waals surface area contributed by atoms with Crippen LogP contribution in [-0.4, -0.2) is 40.1 Å². The number of carbonyl (C=O) groups is 2. The number of allylic oxidation sites excluding steroid dienone is 1. The van der Waals surface area contributed by atoms with Crippen LogP contribution in [0.15, 0.2) is 11.3 Å². The molecule has 2 rings (SSSR count). The molecule has 5 heteroatoms. The molecule has 2 N–H and O–H groups in total. The number of ketones is 1. The third kappa shape index (κ3) is 2.52. The first-order chi connectivity index (χ1) is 9.27. The molecule has 0 aromatic heterocycles. The van der Waals surface area contributed by atoms with E-state index in [1.807, 2.05) is 13.8 Å². The van der Waals surface area contributed by atoms with Crippen molar-refractivity contribution in [1.82, 2.24) is 0 Å². The van der Waals surface area contributed by atoms with Gasteiger partial charge in [-0.1, -0.05) is 13.8 Å². The highest BCUT2D eigenvalue weighted by atomic mass is 16.5. The molecule has 4 atom stereocenters. The van der Waals surface area contributed by atoms with Gasteiger partial charge in [0, 0.05) is 17.9 Å². The average molecular weight is 282 g/mol. The molecule has 0 unspecified atom stereocenters. The maximum atomic E-state index is 12.2. The summed E-state index contributed by atoms with van der Waals surface area (Å²) >= 11 is 0. The van der Waals surface area contributed by atoms with Gasteiger partial charge in [-0.15, -0.1) is 0 Å². The van der Waals surface area contributed by atoms with Crippen molar-refractivity contribution in [2.24, 2.45) is 11.8 Å². The fraction of sp³-hybridized carbons (Fsp3) is 0.733. The number of fused-ring (bicyclic) bond motifs is 1. The second kappa shape index (κ2) is 5.30. The van der Waals surface area contributed by atoms with E-state index in [-0.39, 0.29) is 23.4 Å². The van der Waals surface area contributed by atoms with Gasteiger partial charge in [-0.25, -0.2) is 0 Å². The second-order valence-electron chi connectivity index (χ2n) is 6.45. The number of ether oxygens (including phenoxy) is 1. The molecule has 0 radical (unpaired) electrons. The summed E-state index contributed by atoms with van der Waals surface area (Å²) in [5.41, 5.74) is -0.902. The molecule has 0 spiro atoms. The van der Waals surface area contributed by atoms with Crippen molar-refractivity contribution in [3.63, 3.8) is 0 Å². The third-order valence-electron chi connectivity index (χ3n) is 4.20. The Hall–Kier alpha value is -1.20. The normalized spacial score (nSPS) is 36.8. The van der Waals surface area contributed by atoms with Crippen LogP contribution in [0.25, 0.3) is 0 Å². The monoisotopic (exact) mass is 282 g/mol. The molecule has 1 aliphatic carbocycles. The van der Waals surface area contributed by atoms with Crippen molar-refractivity contribution >= 4 is 12.1 Å². The van der Waals surface area contributed by atoms with Crippen LogP contribution in [0.3, 0.4) is 0 Å². The van der Waals surface area contributed by atoms with Gasteiger partial charge in [-0.05, 0) is 25.7 Å². The molecule has 1 fully saturated rings. The van der Waals surface area contributed by atoms with E-state index in [4.69, 9.17) is 4.74 Å². The summed E-state index contributed by atoms with van der Waals surface area (Å²) in [7, 11) is 0. The zero-order valence-corrected chi connectivity index (χ0v) is 12.1. The molecule has 0 amide bonds. The zero-order valence-electron chi connectivity index (χ0n) is 12.1. The number of aliphatic hydroxyl groups is 2. The van der Waals surface area contributed by atoms with Crippen molar-refractivity contribution in [3.05, 3.63) is 11.3 Å². The maximum absolute atomic E-state index is 12.2. The van der Waals surface area contributed by atoms with Crippen LogP contribution in [0.5, 0.6) is 0 Å². The SMILES string of the molecule is CC(C)CC(=O)C1=C(C=O)[C@H]2CC[C@@](C)(O)[C@H](O)[C@@H]2O1. The van der Waals surface area contributed by atoms with Crippen LogP contribution in [0.4, 0.5) is 0 Å². The standard InChI is InChI=1S/C15H22O5/c1-8(2)6-11(17)12-10(7-16)9-4-5-15(3,19)14(18)13(9)20-12/h7-9,13-14,18-19H,4-6H2,1-3H3/t9-,13-,14-,15-/m1/s1. The predicted molar refractivity (Wildman–Crippen MR) is 71.8 cm³/mol. The van der Waals surface area contributed by atoms with E-state index in [0.29, 0.717) is 31.1 Å². The molecule has 0 saturated heterocycles. The lowest BCUT2D eigenvalue weighted by atomic mass is 9.74. The molecular weight excluding hydrogens is 260 g/mol. The van der Waals surface area contributed by atoms with Gasteiger partial charge in [-0.2, -0.15) is 0 Å². The molecule has 112 valence electrons. The van der Waals surface area contributed by atoms with E-state index < -0.39 is 17.8 Å². The fourth-order valence-electron chi connectivity index (χ4n) is 3.02. The summed E-state index contributed by atoms with van der Waals surface area (Å²) in [6.07, 6.45) is 0.0672. The Morgan fingerprint density at radius 2 is 2.20 bits per heavy atom. The first kappa shape index (κ1) is 15.2. The molecule has 1 saturated carbocycles. The molecular formula is C15H22O5. The molecule has 0 aromatic carbocycles. The molecule has 0 aromatic rings. The third-order valence-corrected chi connectivity index (χ3v) is 4.20. The quantitative estimate of drug-likeness (QED) is 0.751. The van der Waals surface area contributed by atoms with Crippen LogP contribution in [-0.2, 0) is 14.3 Å². The first-order valence-corrected chi connectivity index (χ1v) is 7.07. The number of hydrogen-bond donors (Lipinski definition) is 2. The van der Waals surface area contributed by atoms with E-state index in [1.54, 1.807) is 6.92 Å². The molecule has 5 nitrogen and oxygen atoms in total. The lowest BCUT2D eigenvalue weighted by Gasteiger charge is -2.40.